The molecule has 2 aromatic heterocycles. The Kier molecular flexibility index (Phi) is 7.96. The predicted octanol–water partition coefficient (Wildman–Crippen LogP) is 7.31. The second-order valence-corrected chi connectivity index (χ2v) is 12.8. The molecule has 7 rings (SSSR count). The minimum Gasteiger partial charge on any atom is -0.467 e. The number of thioether (sulfide) groups is 1. The number of rotatable bonds is 8. The Morgan fingerprint density at radius 1 is 0.886 bits per heavy atom. The number of amides is 1. The van der Waals surface area contributed by atoms with Gasteiger partial charge in [0.05, 0.1) is 35.9 Å². The van der Waals surface area contributed by atoms with Crippen LogP contribution in [0.1, 0.15) is 66.2 Å². The van der Waals surface area contributed by atoms with Crippen LogP contribution in [0.25, 0.3) is 11.3 Å². The van der Waals surface area contributed by atoms with Crippen LogP contribution in [0.4, 0.5) is 0 Å². The van der Waals surface area contributed by atoms with Crippen molar-refractivity contribution in [1.29, 1.82) is 0 Å². The van der Waals surface area contributed by atoms with Crippen molar-refractivity contribution in [1.82, 2.24) is 14.9 Å². The van der Waals surface area contributed by atoms with E-state index in [1.54, 1.807) is 10.8 Å². The zero-order valence-corrected chi connectivity index (χ0v) is 25.4. The van der Waals surface area contributed by atoms with Crippen molar-refractivity contribution in [2.75, 3.05) is 5.75 Å². The Labute approximate surface area is 261 Å². The number of hydrogen-bond acceptors (Lipinski definition) is 5. The summed E-state index contributed by atoms with van der Waals surface area (Å²) in [6.07, 6.45) is 7.88. The van der Waals surface area contributed by atoms with Crippen LogP contribution in [0.15, 0.2) is 118 Å². The third-order valence-electron chi connectivity index (χ3n) is 9.07. The maximum Gasteiger partial charge on any atom is 0.258 e. The average Bonchev–Trinajstić information content (AvgIpc) is 3.58. The summed E-state index contributed by atoms with van der Waals surface area (Å²) < 4.78 is 7.41. The van der Waals surface area contributed by atoms with Gasteiger partial charge in [-0.2, -0.15) is 0 Å². The van der Waals surface area contributed by atoms with Gasteiger partial charge >= 0.3 is 0 Å². The van der Waals surface area contributed by atoms with E-state index in [9.17, 15) is 9.59 Å². The number of nitrogens with one attached hydrogen (secondary N) is 1. The maximum atomic E-state index is 14.6. The highest BCUT2D eigenvalue weighted by Gasteiger charge is 2.43. The summed E-state index contributed by atoms with van der Waals surface area (Å²) in [5.41, 5.74) is 5.68. The number of carbonyl (C=O) groups excluding carboxylic acids is 1. The fraction of sp³-hybridized carbons (Fsp3) is 0.270. The SMILES string of the molecule is O=C(CSc1nc2c(c(=O)n1Cc1ccco1)C1(CCCCC1)Cc1ccccc1-2)NC(c1ccccc1)c1ccccc1. The average molecular weight is 602 g/mol. The third-order valence-corrected chi connectivity index (χ3v) is 10.1. The van der Waals surface area contributed by atoms with Crippen molar-refractivity contribution in [3.8, 4) is 11.3 Å². The molecule has 1 saturated carbocycles. The number of aromatic nitrogens is 2. The van der Waals surface area contributed by atoms with Gasteiger partial charge in [-0.1, -0.05) is 116 Å². The summed E-state index contributed by atoms with van der Waals surface area (Å²) in [7, 11) is 0. The van der Waals surface area contributed by atoms with E-state index in [0.717, 1.165) is 60.1 Å². The molecular formula is C37H35N3O3S. The lowest BCUT2D eigenvalue weighted by Gasteiger charge is -2.42. The number of benzene rings is 3. The van der Waals surface area contributed by atoms with E-state index >= 15 is 0 Å². The van der Waals surface area contributed by atoms with Crippen LogP contribution in [-0.2, 0) is 23.2 Å². The Balaban J connectivity index is 1.25. The van der Waals surface area contributed by atoms with E-state index in [-0.39, 0.29) is 35.2 Å². The first-order chi connectivity index (χ1) is 21.6. The first-order valence-electron chi connectivity index (χ1n) is 15.4. The molecule has 2 aliphatic rings. The maximum absolute atomic E-state index is 14.6. The summed E-state index contributed by atoms with van der Waals surface area (Å²) in [4.78, 5) is 33.4. The summed E-state index contributed by atoms with van der Waals surface area (Å²) in [5.74, 6) is 0.669. The molecule has 1 fully saturated rings. The van der Waals surface area contributed by atoms with Gasteiger partial charge in [0.1, 0.15) is 5.76 Å². The van der Waals surface area contributed by atoms with Gasteiger partial charge in [-0.15, -0.1) is 0 Å². The first-order valence-corrected chi connectivity index (χ1v) is 16.4. The molecule has 5 aromatic rings. The molecule has 0 bridgehead atoms. The molecule has 6 nitrogen and oxygen atoms in total. The molecule has 222 valence electrons. The molecule has 0 aliphatic heterocycles. The second-order valence-electron chi connectivity index (χ2n) is 11.9. The van der Waals surface area contributed by atoms with Gasteiger partial charge in [0.15, 0.2) is 5.16 Å². The van der Waals surface area contributed by atoms with E-state index < -0.39 is 0 Å². The Morgan fingerprint density at radius 2 is 1.57 bits per heavy atom. The number of furan rings is 1. The quantitative estimate of drug-likeness (QED) is 0.149. The summed E-state index contributed by atoms with van der Waals surface area (Å²) in [6, 6.07) is 31.7. The summed E-state index contributed by atoms with van der Waals surface area (Å²) in [6.45, 7) is 0.268. The molecule has 2 heterocycles. The summed E-state index contributed by atoms with van der Waals surface area (Å²) >= 11 is 1.30. The van der Waals surface area contributed by atoms with Crippen LogP contribution in [0, 0.1) is 0 Å². The van der Waals surface area contributed by atoms with Gasteiger partial charge in [-0.3, -0.25) is 14.2 Å². The van der Waals surface area contributed by atoms with Crippen LogP contribution in [0.2, 0.25) is 0 Å². The molecule has 0 saturated heterocycles. The van der Waals surface area contributed by atoms with Gasteiger partial charge in [0.25, 0.3) is 5.56 Å². The van der Waals surface area contributed by atoms with Crippen molar-refractivity contribution in [2.24, 2.45) is 0 Å². The minimum atomic E-state index is -0.287. The standard InChI is InChI=1S/C37H35N3O3S/c41-31(38-33(26-13-4-1-5-14-26)27-15-6-2-7-16-27)25-44-36-39-34-30-19-9-8-17-28(30)23-37(20-10-3-11-21-37)32(34)35(42)40(36)24-29-18-12-22-43-29/h1-2,4-9,12-19,22,33H,3,10-11,20-21,23-25H2,(H,38,41). The molecule has 7 heteroatoms. The molecule has 44 heavy (non-hydrogen) atoms. The van der Waals surface area contributed by atoms with Crippen molar-refractivity contribution in [3.05, 3.63) is 142 Å². The van der Waals surface area contributed by atoms with Gasteiger partial charge in [-0.25, -0.2) is 4.98 Å². The normalized spacial score (nSPS) is 15.1. The van der Waals surface area contributed by atoms with Gasteiger partial charge < -0.3 is 9.73 Å². The Bertz CT molecular complexity index is 1770. The molecule has 1 spiro atoms. The van der Waals surface area contributed by atoms with Crippen LogP contribution >= 0.6 is 11.8 Å². The minimum absolute atomic E-state index is 0.0165. The fourth-order valence-electron chi connectivity index (χ4n) is 7.01. The van der Waals surface area contributed by atoms with Gasteiger partial charge in [0.2, 0.25) is 5.91 Å². The molecule has 0 radical (unpaired) electrons. The van der Waals surface area contributed by atoms with E-state index in [0.29, 0.717) is 10.9 Å². The molecule has 2 aliphatic carbocycles. The summed E-state index contributed by atoms with van der Waals surface area (Å²) in [5, 5.41) is 3.76. The van der Waals surface area contributed by atoms with Crippen LogP contribution < -0.4 is 10.9 Å². The lowest BCUT2D eigenvalue weighted by atomic mass is 9.62. The topological polar surface area (TPSA) is 77.1 Å². The Morgan fingerprint density at radius 3 is 2.25 bits per heavy atom. The van der Waals surface area contributed by atoms with E-state index in [4.69, 9.17) is 9.40 Å². The highest BCUT2D eigenvalue weighted by atomic mass is 32.2. The highest BCUT2D eigenvalue weighted by Crippen LogP contribution is 2.48. The lowest BCUT2D eigenvalue weighted by Crippen LogP contribution is -2.43. The van der Waals surface area contributed by atoms with Gasteiger partial charge in [0, 0.05) is 11.0 Å². The van der Waals surface area contributed by atoms with Crippen LogP contribution in [0.5, 0.6) is 0 Å². The zero-order chi connectivity index (χ0) is 29.9. The zero-order valence-electron chi connectivity index (χ0n) is 24.6. The number of hydrogen-bond donors (Lipinski definition) is 1. The molecule has 1 amide bonds. The lowest BCUT2D eigenvalue weighted by molar-refractivity contribution is -0.119. The number of carbonyl (C=O) groups is 1. The van der Waals surface area contributed by atoms with E-state index in [2.05, 4.69) is 23.5 Å². The largest absolute Gasteiger partial charge is 0.467 e. The first kappa shape index (κ1) is 28.4. The van der Waals surface area contributed by atoms with Crippen LogP contribution in [0.3, 0.4) is 0 Å². The van der Waals surface area contributed by atoms with E-state index in [1.807, 2.05) is 78.9 Å². The molecule has 1 N–H and O–H groups in total. The van der Waals surface area contributed by atoms with Crippen LogP contribution in [-0.4, -0.2) is 21.2 Å². The fourth-order valence-corrected chi connectivity index (χ4v) is 7.82. The van der Waals surface area contributed by atoms with E-state index in [1.165, 1.54) is 23.7 Å². The van der Waals surface area contributed by atoms with Crippen molar-refractivity contribution in [2.45, 2.75) is 61.7 Å². The Hall–Kier alpha value is -4.36. The number of nitrogens with zero attached hydrogens (tertiary/aromatic N) is 2. The molecular weight excluding hydrogens is 566 g/mol. The number of fused-ring (bicyclic) bond motifs is 4. The smallest absolute Gasteiger partial charge is 0.258 e. The molecule has 0 unspecified atom stereocenters. The second kappa shape index (κ2) is 12.3. The van der Waals surface area contributed by atoms with Crippen molar-refractivity contribution < 1.29 is 9.21 Å². The monoisotopic (exact) mass is 601 g/mol. The van der Waals surface area contributed by atoms with Crippen molar-refractivity contribution >= 4 is 17.7 Å². The van der Waals surface area contributed by atoms with Crippen molar-refractivity contribution in [3.63, 3.8) is 0 Å². The highest BCUT2D eigenvalue weighted by molar-refractivity contribution is 7.99. The predicted molar refractivity (Wildman–Crippen MR) is 174 cm³/mol. The molecule has 0 atom stereocenters. The van der Waals surface area contributed by atoms with Gasteiger partial charge in [-0.05, 0) is 48.1 Å². The third kappa shape index (κ3) is 5.52. The molecule has 3 aromatic carbocycles.